The van der Waals surface area contributed by atoms with E-state index in [1.54, 1.807) is 20.3 Å². The molecule has 1 fully saturated rings. The van der Waals surface area contributed by atoms with Gasteiger partial charge in [-0.15, -0.1) is 0 Å². The van der Waals surface area contributed by atoms with Gasteiger partial charge in [0.05, 0.1) is 4.47 Å². The highest BCUT2D eigenvalue weighted by Gasteiger charge is 2.27. The van der Waals surface area contributed by atoms with Crippen LogP contribution in [0.4, 0.5) is 10.1 Å². The van der Waals surface area contributed by atoms with Gasteiger partial charge in [0.15, 0.2) is 6.29 Å². The van der Waals surface area contributed by atoms with E-state index >= 15 is 0 Å². The quantitative estimate of drug-likeness (QED) is 0.776. The van der Waals surface area contributed by atoms with Crippen molar-refractivity contribution in [1.82, 2.24) is 0 Å². The molecule has 0 bridgehead atoms. The molecule has 0 amide bonds. The molecule has 1 aliphatic rings. The highest BCUT2D eigenvalue weighted by atomic mass is 79.9. The molecule has 0 unspecified atom stereocenters. The molecular weight excluding hydrogens is 325 g/mol. The number of rotatable bonds is 4. The first-order valence-electron chi connectivity index (χ1n) is 6.83. The maximum absolute atomic E-state index is 13.8. The average Bonchev–Trinajstić information content (AvgIpc) is 2.46. The lowest BCUT2D eigenvalue weighted by Crippen LogP contribution is -2.39. The van der Waals surface area contributed by atoms with Crippen LogP contribution in [0.3, 0.4) is 0 Å². The molecule has 0 N–H and O–H groups in total. The number of piperidine rings is 1. The molecule has 1 aromatic carbocycles. The van der Waals surface area contributed by atoms with E-state index in [4.69, 9.17) is 9.47 Å². The van der Waals surface area contributed by atoms with E-state index in [9.17, 15) is 4.39 Å². The largest absolute Gasteiger partial charge is 0.371 e. The topological polar surface area (TPSA) is 21.7 Å². The zero-order valence-corrected chi connectivity index (χ0v) is 13.7. The Kier molecular flexibility index (Phi) is 5.41. The smallest absolute Gasteiger partial charge is 0.159 e. The van der Waals surface area contributed by atoms with Crippen molar-refractivity contribution in [3.8, 4) is 0 Å². The lowest BCUT2D eigenvalue weighted by atomic mass is 9.95. The van der Waals surface area contributed by atoms with Gasteiger partial charge in [0.25, 0.3) is 0 Å². The van der Waals surface area contributed by atoms with Crippen LogP contribution in [0.2, 0.25) is 0 Å². The van der Waals surface area contributed by atoms with Crippen LogP contribution in [0.15, 0.2) is 16.6 Å². The summed E-state index contributed by atoms with van der Waals surface area (Å²) in [7, 11) is 3.35. The number of hydrogen-bond donors (Lipinski definition) is 0. The zero-order valence-electron chi connectivity index (χ0n) is 12.2. The molecule has 1 saturated heterocycles. The van der Waals surface area contributed by atoms with Crippen molar-refractivity contribution in [2.24, 2.45) is 5.92 Å². The number of halogens is 2. The van der Waals surface area contributed by atoms with Crippen molar-refractivity contribution in [3.05, 3.63) is 28.0 Å². The van der Waals surface area contributed by atoms with E-state index < -0.39 is 0 Å². The molecule has 0 saturated carbocycles. The van der Waals surface area contributed by atoms with Crippen LogP contribution in [0, 0.1) is 18.7 Å². The molecule has 20 heavy (non-hydrogen) atoms. The summed E-state index contributed by atoms with van der Waals surface area (Å²) < 4.78 is 25.0. The Morgan fingerprint density at radius 3 is 2.35 bits per heavy atom. The minimum absolute atomic E-state index is 0.138. The summed E-state index contributed by atoms with van der Waals surface area (Å²) in [6.45, 7) is 3.71. The molecule has 2 rings (SSSR count). The monoisotopic (exact) mass is 345 g/mol. The lowest BCUT2D eigenvalue weighted by molar-refractivity contribution is -0.141. The third kappa shape index (κ3) is 3.32. The highest BCUT2D eigenvalue weighted by Crippen LogP contribution is 2.30. The Morgan fingerprint density at radius 1 is 1.25 bits per heavy atom. The molecule has 0 aromatic heterocycles. The molecular formula is C15H21BrFNO2. The zero-order chi connectivity index (χ0) is 14.7. The minimum atomic E-state index is -0.200. The summed E-state index contributed by atoms with van der Waals surface area (Å²) in [5, 5.41) is 0. The maximum Gasteiger partial charge on any atom is 0.159 e. The van der Waals surface area contributed by atoms with E-state index in [0.29, 0.717) is 10.4 Å². The van der Waals surface area contributed by atoms with Gasteiger partial charge in [-0.25, -0.2) is 4.39 Å². The standard InChI is InChI=1S/C15H21BrFNO2/c1-10-8-12(9-13(17)14(10)16)18-6-4-11(5-7-18)15(19-2)20-3/h8-9,11,15H,4-7H2,1-3H3. The third-order valence-electron chi connectivity index (χ3n) is 3.95. The Bertz CT molecular complexity index is 434. The molecule has 0 spiro atoms. The lowest BCUT2D eigenvalue weighted by Gasteiger charge is -2.36. The molecule has 1 aromatic rings. The summed E-state index contributed by atoms with van der Waals surface area (Å²) in [6.07, 6.45) is 1.84. The van der Waals surface area contributed by atoms with Crippen LogP contribution in [0.25, 0.3) is 0 Å². The van der Waals surface area contributed by atoms with Crippen molar-refractivity contribution < 1.29 is 13.9 Å². The van der Waals surface area contributed by atoms with Crippen LogP contribution in [-0.2, 0) is 9.47 Å². The Morgan fingerprint density at radius 2 is 1.85 bits per heavy atom. The molecule has 0 aliphatic carbocycles. The molecule has 0 radical (unpaired) electrons. The van der Waals surface area contributed by atoms with E-state index in [1.165, 1.54) is 0 Å². The van der Waals surface area contributed by atoms with Gasteiger partial charge in [-0.2, -0.15) is 0 Å². The third-order valence-corrected chi connectivity index (χ3v) is 4.95. The van der Waals surface area contributed by atoms with Gasteiger partial charge in [-0.1, -0.05) is 0 Å². The number of methoxy groups -OCH3 is 2. The first-order valence-corrected chi connectivity index (χ1v) is 7.62. The number of hydrogen-bond acceptors (Lipinski definition) is 3. The van der Waals surface area contributed by atoms with Gasteiger partial charge >= 0.3 is 0 Å². The van der Waals surface area contributed by atoms with E-state index in [-0.39, 0.29) is 12.1 Å². The Hall–Kier alpha value is -0.650. The van der Waals surface area contributed by atoms with Crippen LogP contribution >= 0.6 is 15.9 Å². The molecule has 1 aliphatic heterocycles. The van der Waals surface area contributed by atoms with Gasteiger partial charge in [0.2, 0.25) is 0 Å². The Balaban J connectivity index is 2.04. The molecule has 3 nitrogen and oxygen atoms in total. The summed E-state index contributed by atoms with van der Waals surface area (Å²) in [6, 6.07) is 3.62. The van der Waals surface area contributed by atoms with Crippen molar-refractivity contribution in [2.45, 2.75) is 26.1 Å². The maximum atomic E-state index is 13.8. The van der Waals surface area contributed by atoms with E-state index in [2.05, 4.69) is 20.8 Å². The Labute approximate surface area is 128 Å². The first-order chi connectivity index (χ1) is 9.56. The number of aryl methyl sites for hydroxylation is 1. The average molecular weight is 346 g/mol. The number of ether oxygens (including phenoxy) is 2. The minimum Gasteiger partial charge on any atom is -0.371 e. The van der Waals surface area contributed by atoms with Crippen molar-refractivity contribution in [1.29, 1.82) is 0 Å². The number of nitrogens with zero attached hydrogens (tertiary/aromatic N) is 1. The fourth-order valence-corrected chi connectivity index (χ4v) is 3.03. The first kappa shape index (κ1) is 15.7. The molecule has 1 heterocycles. The predicted molar refractivity (Wildman–Crippen MR) is 81.6 cm³/mol. The van der Waals surface area contributed by atoms with Crippen molar-refractivity contribution >= 4 is 21.6 Å². The summed E-state index contributed by atoms with van der Waals surface area (Å²) >= 11 is 3.26. The van der Waals surface area contributed by atoms with Gasteiger partial charge in [0, 0.05) is 38.9 Å². The second-order valence-corrected chi connectivity index (χ2v) is 6.02. The van der Waals surface area contributed by atoms with Crippen LogP contribution in [-0.4, -0.2) is 33.6 Å². The van der Waals surface area contributed by atoms with Gasteiger partial charge < -0.3 is 14.4 Å². The summed E-state index contributed by atoms with van der Waals surface area (Å²) in [5.74, 6) is 0.205. The second kappa shape index (κ2) is 6.87. The predicted octanol–water partition coefficient (Wildman–Crippen LogP) is 3.73. The molecule has 0 atom stereocenters. The van der Waals surface area contributed by atoms with Crippen LogP contribution in [0.1, 0.15) is 18.4 Å². The van der Waals surface area contributed by atoms with Crippen LogP contribution in [0.5, 0.6) is 0 Å². The summed E-state index contributed by atoms with van der Waals surface area (Å²) in [5.41, 5.74) is 1.88. The van der Waals surface area contributed by atoms with E-state index in [0.717, 1.165) is 37.2 Å². The van der Waals surface area contributed by atoms with Gasteiger partial charge in [-0.05, 0) is 53.4 Å². The normalized spacial score (nSPS) is 17.0. The molecule has 112 valence electrons. The van der Waals surface area contributed by atoms with Crippen LogP contribution < -0.4 is 4.90 Å². The molecule has 5 heteroatoms. The fraction of sp³-hybridized carbons (Fsp3) is 0.600. The van der Waals surface area contributed by atoms with Gasteiger partial charge in [-0.3, -0.25) is 0 Å². The number of benzene rings is 1. The second-order valence-electron chi connectivity index (χ2n) is 5.22. The SMILES string of the molecule is COC(OC)C1CCN(c2cc(C)c(Br)c(F)c2)CC1. The van der Waals surface area contributed by atoms with Crippen molar-refractivity contribution in [3.63, 3.8) is 0 Å². The van der Waals surface area contributed by atoms with Gasteiger partial charge in [0.1, 0.15) is 5.82 Å². The fourth-order valence-electron chi connectivity index (χ4n) is 2.80. The number of anilines is 1. The van der Waals surface area contributed by atoms with E-state index in [1.807, 2.05) is 13.0 Å². The summed E-state index contributed by atoms with van der Waals surface area (Å²) in [4.78, 5) is 2.22. The van der Waals surface area contributed by atoms with Crippen molar-refractivity contribution in [2.75, 3.05) is 32.2 Å². The highest BCUT2D eigenvalue weighted by molar-refractivity contribution is 9.10.